The van der Waals surface area contributed by atoms with Crippen LogP contribution < -0.4 is 5.32 Å². The van der Waals surface area contributed by atoms with Gasteiger partial charge in [0.05, 0.1) is 0 Å². The van der Waals surface area contributed by atoms with Crippen LogP contribution >= 0.6 is 0 Å². The number of carboxylic acids is 1. The number of carbonyl (C=O) groups excluding carboxylic acids is 1. The zero-order valence-electron chi connectivity index (χ0n) is 12.2. The molecule has 1 atom stereocenters. The molecule has 0 radical (unpaired) electrons. The van der Waals surface area contributed by atoms with Crippen molar-refractivity contribution in [1.82, 2.24) is 10.2 Å². The fourth-order valence-electron chi connectivity index (χ4n) is 2.50. The summed E-state index contributed by atoms with van der Waals surface area (Å²) >= 11 is 0. The summed E-state index contributed by atoms with van der Waals surface area (Å²) in [5.74, 6) is -2.42. The van der Waals surface area contributed by atoms with Crippen molar-refractivity contribution in [3.8, 4) is 0 Å². The first-order valence-electron chi connectivity index (χ1n) is 7.05. The molecule has 5 heteroatoms. The monoisotopic (exact) mass is 270 g/mol. The number of amides is 1. The normalized spacial score (nSPS) is 18.9. The minimum absolute atomic E-state index is 0.378. The standard InChI is InChI=1S/C14H26N2O3/c1-14(2,3)11(13(18)19)12(17)15-7-10-16-8-5-4-6-9-16/h11H,4-10H2,1-3H3,(H,15,17)(H,18,19). The first-order chi connectivity index (χ1) is 8.82. The molecule has 0 aliphatic carbocycles. The average Bonchev–Trinajstić information content (AvgIpc) is 2.27. The van der Waals surface area contributed by atoms with Crippen molar-refractivity contribution in [2.75, 3.05) is 26.2 Å². The van der Waals surface area contributed by atoms with Crippen molar-refractivity contribution < 1.29 is 14.7 Å². The first kappa shape index (κ1) is 16.0. The van der Waals surface area contributed by atoms with Crippen molar-refractivity contribution in [2.45, 2.75) is 40.0 Å². The maximum absolute atomic E-state index is 12.0. The number of likely N-dealkylation sites (tertiary alicyclic amines) is 1. The summed E-state index contributed by atoms with van der Waals surface area (Å²) < 4.78 is 0. The summed E-state index contributed by atoms with van der Waals surface area (Å²) in [6.45, 7) is 8.82. The van der Waals surface area contributed by atoms with Crippen LogP contribution in [0, 0.1) is 11.3 Å². The molecule has 1 amide bonds. The molecule has 110 valence electrons. The van der Waals surface area contributed by atoms with Crippen LogP contribution in [0.15, 0.2) is 0 Å². The maximum atomic E-state index is 12.0. The fraction of sp³-hybridized carbons (Fsp3) is 0.857. The molecule has 19 heavy (non-hydrogen) atoms. The Hall–Kier alpha value is -1.10. The van der Waals surface area contributed by atoms with Gasteiger partial charge >= 0.3 is 5.97 Å². The second-order valence-electron chi connectivity index (χ2n) is 6.33. The number of aliphatic carboxylic acids is 1. The summed E-state index contributed by atoms with van der Waals surface area (Å²) in [5, 5.41) is 11.9. The molecule has 1 unspecified atom stereocenters. The van der Waals surface area contributed by atoms with E-state index in [0.29, 0.717) is 6.54 Å². The van der Waals surface area contributed by atoms with E-state index in [0.717, 1.165) is 19.6 Å². The van der Waals surface area contributed by atoms with Gasteiger partial charge in [0, 0.05) is 13.1 Å². The van der Waals surface area contributed by atoms with Gasteiger partial charge in [-0.05, 0) is 31.3 Å². The van der Waals surface area contributed by atoms with E-state index in [1.165, 1.54) is 19.3 Å². The van der Waals surface area contributed by atoms with E-state index in [9.17, 15) is 9.59 Å². The predicted molar refractivity (Wildman–Crippen MR) is 73.9 cm³/mol. The van der Waals surface area contributed by atoms with Gasteiger partial charge in [0.25, 0.3) is 0 Å². The van der Waals surface area contributed by atoms with Crippen molar-refractivity contribution in [1.29, 1.82) is 0 Å². The SMILES string of the molecule is CC(C)(C)C(C(=O)O)C(=O)NCCN1CCCCC1. The highest BCUT2D eigenvalue weighted by Gasteiger charge is 2.37. The molecule has 1 aliphatic heterocycles. The Labute approximate surface area is 115 Å². The van der Waals surface area contributed by atoms with Crippen molar-refractivity contribution >= 4 is 11.9 Å². The Morgan fingerprint density at radius 3 is 2.26 bits per heavy atom. The zero-order valence-corrected chi connectivity index (χ0v) is 12.2. The lowest BCUT2D eigenvalue weighted by molar-refractivity contribution is -0.151. The van der Waals surface area contributed by atoms with Crippen molar-refractivity contribution in [2.24, 2.45) is 11.3 Å². The molecule has 0 aromatic carbocycles. The third kappa shape index (κ3) is 5.19. The molecule has 0 aromatic heterocycles. The summed E-state index contributed by atoms with van der Waals surface area (Å²) in [7, 11) is 0. The molecular formula is C14H26N2O3. The molecule has 1 aliphatic rings. The number of carbonyl (C=O) groups is 2. The quantitative estimate of drug-likeness (QED) is 0.740. The van der Waals surface area contributed by atoms with Gasteiger partial charge in [0.15, 0.2) is 0 Å². The number of nitrogens with zero attached hydrogens (tertiary/aromatic N) is 1. The molecule has 0 aromatic rings. The highest BCUT2D eigenvalue weighted by Crippen LogP contribution is 2.26. The summed E-state index contributed by atoms with van der Waals surface area (Å²) in [6, 6.07) is 0. The van der Waals surface area contributed by atoms with Crippen molar-refractivity contribution in [3.05, 3.63) is 0 Å². The van der Waals surface area contributed by atoms with E-state index in [2.05, 4.69) is 10.2 Å². The molecular weight excluding hydrogens is 244 g/mol. The second-order valence-corrected chi connectivity index (χ2v) is 6.33. The van der Waals surface area contributed by atoms with E-state index in [1.54, 1.807) is 20.8 Å². The number of nitrogens with one attached hydrogen (secondary N) is 1. The summed E-state index contributed by atoms with van der Waals surface area (Å²) in [5.41, 5.74) is -0.568. The second kappa shape index (κ2) is 6.89. The Balaban J connectivity index is 2.38. The van der Waals surface area contributed by atoms with Gasteiger partial charge in [-0.2, -0.15) is 0 Å². The third-order valence-electron chi connectivity index (χ3n) is 3.55. The Morgan fingerprint density at radius 2 is 1.79 bits per heavy atom. The van der Waals surface area contributed by atoms with Crippen LogP contribution in [0.5, 0.6) is 0 Å². The van der Waals surface area contributed by atoms with Gasteiger partial charge in [-0.15, -0.1) is 0 Å². The fourth-order valence-corrected chi connectivity index (χ4v) is 2.50. The van der Waals surface area contributed by atoms with Gasteiger partial charge in [-0.3, -0.25) is 9.59 Å². The average molecular weight is 270 g/mol. The highest BCUT2D eigenvalue weighted by atomic mass is 16.4. The van der Waals surface area contributed by atoms with Crippen LogP contribution in [0.3, 0.4) is 0 Å². The smallest absolute Gasteiger partial charge is 0.316 e. The number of hydrogen-bond donors (Lipinski definition) is 2. The van der Waals surface area contributed by atoms with Gasteiger partial charge in [0.2, 0.25) is 5.91 Å². The number of piperidine rings is 1. The molecule has 0 saturated carbocycles. The van der Waals surface area contributed by atoms with Crippen LogP contribution in [0.25, 0.3) is 0 Å². The molecule has 1 fully saturated rings. The molecule has 1 heterocycles. The van der Waals surface area contributed by atoms with Gasteiger partial charge < -0.3 is 15.3 Å². The van der Waals surface area contributed by atoms with Gasteiger partial charge in [-0.1, -0.05) is 27.2 Å². The third-order valence-corrected chi connectivity index (χ3v) is 3.55. The van der Waals surface area contributed by atoms with E-state index in [-0.39, 0.29) is 5.91 Å². The molecule has 1 saturated heterocycles. The van der Waals surface area contributed by atoms with E-state index in [4.69, 9.17) is 5.11 Å². The number of carboxylic acid groups (broad SMARTS) is 1. The van der Waals surface area contributed by atoms with Crippen LogP contribution in [0.4, 0.5) is 0 Å². The van der Waals surface area contributed by atoms with Crippen LogP contribution in [0.2, 0.25) is 0 Å². The number of hydrogen-bond acceptors (Lipinski definition) is 3. The Morgan fingerprint density at radius 1 is 1.21 bits per heavy atom. The number of rotatable bonds is 5. The first-order valence-corrected chi connectivity index (χ1v) is 7.05. The molecule has 5 nitrogen and oxygen atoms in total. The Bertz CT molecular complexity index is 317. The van der Waals surface area contributed by atoms with Crippen LogP contribution in [-0.4, -0.2) is 48.1 Å². The van der Waals surface area contributed by atoms with Crippen LogP contribution in [0.1, 0.15) is 40.0 Å². The van der Waals surface area contributed by atoms with Gasteiger partial charge in [-0.25, -0.2) is 0 Å². The largest absolute Gasteiger partial charge is 0.481 e. The van der Waals surface area contributed by atoms with Crippen LogP contribution in [-0.2, 0) is 9.59 Å². The predicted octanol–water partition coefficient (Wildman–Crippen LogP) is 1.34. The molecule has 1 rings (SSSR count). The zero-order chi connectivity index (χ0) is 14.5. The van der Waals surface area contributed by atoms with Gasteiger partial charge in [0.1, 0.15) is 5.92 Å². The van der Waals surface area contributed by atoms with E-state index in [1.807, 2.05) is 0 Å². The molecule has 0 spiro atoms. The highest BCUT2D eigenvalue weighted by molar-refractivity contribution is 5.97. The van der Waals surface area contributed by atoms with Crippen molar-refractivity contribution in [3.63, 3.8) is 0 Å². The minimum Gasteiger partial charge on any atom is -0.481 e. The topological polar surface area (TPSA) is 69.6 Å². The maximum Gasteiger partial charge on any atom is 0.316 e. The summed E-state index contributed by atoms with van der Waals surface area (Å²) in [6.07, 6.45) is 3.72. The lowest BCUT2D eigenvalue weighted by atomic mass is 9.80. The lowest BCUT2D eigenvalue weighted by Crippen LogP contribution is -2.45. The minimum atomic E-state index is -1.05. The Kier molecular flexibility index (Phi) is 5.79. The van der Waals surface area contributed by atoms with E-state index < -0.39 is 17.3 Å². The lowest BCUT2D eigenvalue weighted by Gasteiger charge is -2.28. The molecule has 0 bridgehead atoms. The molecule has 2 N–H and O–H groups in total. The van der Waals surface area contributed by atoms with E-state index >= 15 is 0 Å². The summed E-state index contributed by atoms with van der Waals surface area (Å²) in [4.78, 5) is 25.5.